The fourth-order valence-corrected chi connectivity index (χ4v) is 4.24. The molecule has 0 spiro atoms. The Morgan fingerprint density at radius 1 is 0.857 bits per heavy atom. The monoisotopic (exact) mass is 571 g/mol. The predicted molar refractivity (Wildman–Crippen MR) is 156 cm³/mol. The van der Waals surface area contributed by atoms with Crippen LogP contribution in [0.25, 0.3) is 10.9 Å². The molecule has 0 radical (unpaired) electrons. The lowest BCUT2D eigenvalue weighted by atomic mass is 10.1. The number of aromatic carboxylic acids is 1. The van der Waals surface area contributed by atoms with Gasteiger partial charge in [-0.1, -0.05) is 18.2 Å². The smallest absolute Gasteiger partial charge is 0.336 e. The Hall–Kier alpha value is -5.72. The fraction of sp³-hybridized carbons (Fsp3) is 0.172. The van der Waals surface area contributed by atoms with E-state index in [2.05, 4.69) is 25.9 Å². The summed E-state index contributed by atoms with van der Waals surface area (Å²) in [6.45, 7) is 0.558. The van der Waals surface area contributed by atoms with E-state index < -0.39 is 29.8 Å². The van der Waals surface area contributed by atoms with E-state index in [0.717, 1.165) is 11.3 Å². The summed E-state index contributed by atoms with van der Waals surface area (Å²) in [6.07, 6.45) is 0.288. The van der Waals surface area contributed by atoms with Crippen molar-refractivity contribution in [3.63, 3.8) is 0 Å². The maximum absolute atomic E-state index is 12.7. The lowest BCUT2D eigenvalue weighted by Gasteiger charge is -2.15. The fourth-order valence-electron chi connectivity index (χ4n) is 4.24. The van der Waals surface area contributed by atoms with Crippen LogP contribution in [0.5, 0.6) is 0 Å². The van der Waals surface area contributed by atoms with Crippen LogP contribution >= 0.6 is 0 Å². The van der Waals surface area contributed by atoms with E-state index in [-0.39, 0.29) is 42.0 Å². The van der Waals surface area contributed by atoms with Crippen molar-refractivity contribution in [2.24, 2.45) is 0 Å². The molecular formula is C29H29N7O6. The molecule has 0 aliphatic heterocycles. The van der Waals surface area contributed by atoms with Crippen molar-refractivity contribution in [2.75, 3.05) is 23.3 Å². The number of aliphatic carboxylic acids is 1. The Morgan fingerprint density at radius 2 is 1.57 bits per heavy atom. The number of carboxylic acids is 2. The van der Waals surface area contributed by atoms with Crippen LogP contribution < -0.4 is 27.4 Å². The van der Waals surface area contributed by atoms with E-state index >= 15 is 0 Å². The number of nitrogen functional groups attached to an aromatic ring is 2. The van der Waals surface area contributed by atoms with E-state index in [4.69, 9.17) is 11.5 Å². The highest BCUT2D eigenvalue weighted by Gasteiger charge is 2.21. The molecular weight excluding hydrogens is 542 g/mol. The molecule has 4 aromatic rings. The van der Waals surface area contributed by atoms with Gasteiger partial charge in [0, 0.05) is 29.7 Å². The predicted octanol–water partition coefficient (Wildman–Crippen LogP) is 2.50. The van der Waals surface area contributed by atoms with Crippen LogP contribution in [-0.2, 0) is 11.3 Å². The Balaban J connectivity index is 1.27. The normalized spacial score (nSPS) is 11.4. The Labute approximate surface area is 240 Å². The number of nitrogens with zero attached hydrogens (tertiary/aromatic N) is 2. The van der Waals surface area contributed by atoms with Crippen LogP contribution in [0.2, 0.25) is 0 Å². The molecule has 1 atom stereocenters. The molecule has 13 nitrogen and oxygen atoms in total. The van der Waals surface area contributed by atoms with Crippen molar-refractivity contribution in [3.05, 3.63) is 89.0 Å². The molecule has 1 heterocycles. The number of hydrogen-bond donors (Lipinski definition) is 7. The minimum Gasteiger partial charge on any atom is -0.480 e. The number of benzene rings is 3. The van der Waals surface area contributed by atoms with Crippen LogP contribution in [0.15, 0.2) is 66.7 Å². The van der Waals surface area contributed by atoms with Crippen LogP contribution in [-0.4, -0.2) is 56.5 Å². The van der Waals surface area contributed by atoms with Crippen molar-refractivity contribution < 1.29 is 29.4 Å². The summed E-state index contributed by atoms with van der Waals surface area (Å²) in [5.41, 5.74) is 14.1. The van der Waals surface area contributed by atoms with Crippen LogP contribution in [0.3, 0.4) is 0 Å². The highest BCUT2D eigenvalue weighted by molar-refractivity contribution is 6.04. The van der Waals surface area contributed by atoms with Gasteiger partial charge in [0.25, 0.3) is 11.8 Å². The van der Waals surface area contributed by atoms with E-state index in [0.29, 0.717) is 23.3 Å². The summed E-state index contributed by atoms with van der Waals surface area (Å²) in [5.74, 6) is -3.18. The zero-order valence-electron chi connectivity index (χ0n) is 22.3. The number of hydrogen-bond acceptors (Lipinski definition) is 9. The molecule has 0 saturated heterocycles. The third kappa shape index (κ3) is 7.27. The number of nitrogens with two attached hydrogens (primary N) is 2. The van der Waals surface area contributed by atoms with Gasteiger partial charge in [-0.2, -0.15) is 4.98 Å². The Kier molecular flexibility index (Phi) is 9.12. The van der Waals surface area contributed by atoms with Crippen molar-refractivity contribution in [3.8, 4) is 0 Å². The van der Waals surface area contributed by atoms with Crippen molar-refractivity contribution in [1.29, 1.82) is 0 Å². The van der Waals surface area contributed by atoms with Gasteiger partial charge >= 0.3 is 11.9 Å². The SMILES string of the molecule is Nc1nc(N)c2cc(CNc3ccc(C(=O)N[C@@H](CCCNC(=O)c4ccccc4C(=O)O)C(=O)O)cc3)ccc2n1. The molecule has 0 aliphatic carbocycles. The van der Waals surface area contributed by atoms with E-state index in [1.807, 2.05) is 12.1 Å². The molecule has 13 heteroatoms. The van der Waals surface area contributed by atoms with Crippen LogP contribution in [0.1, 0.15) is 49.5 Å². The van der Waals surface area contributed by atoms with Gasteiger partial charge in [-0.25, -0.2) is 14.6 Å². The summed E-state index contributed by atoms with van der Waals surface area (Å²) in [4.78, 5) is 56.2. The number of carboxylic acid groups (broad SMARTS) is 2. The maximum atomic E-state index is 12.7. The van der Waals surface area contributed by atoms with Gasteiger partial charge in [-0.15, -0.1) is 0 Å². The second kappa shape index (κ2) is 13.1. The highest BCUT2D eigenvalue weighted by atomic mass is 16.4. The number of amides is 2. The van der Waals surface area contributed by atoms with Crippen molar-refractivity contribution in [2.45, 2.75) is 25.4 Å². The minimum absolute atomic E-state index is 0.00759. The number of fused-ring (bicyclic) bond motifs is 1. The molecule has 2 amide bonds. The topological polar surface area (TPSA) is 223 Å². The number of rotatable bonds is 12. The van der Waals surface area contributed by atoms with Gasteiger partial charge in [-0.05, 0) is 66.9 Å². The first-order chi connectivity index (χ1) is 20.1. The number of nitrogens with one attached hydrogen (secondary N) is 3. The van der Waals surface area contributed by atoms with Crippen molar-refractivity contribution in [1.82, 2.24) is 20.6 Å². The molecule has 0 saturated carbocycles. The average molecular weight is 572 g/mol. The number of carbonyl (C=O) groups is 4. The molecule has 0 aliphatic rings. The van der Waals surface area contributed by atoms with E-state index in [1.165, 1.54) is 18.2 Å². The third-order valence-corrected chi connectivity index (χ3v) is 6.41. The molecule has 9 N–H and O–H groups in total. The van der Waals surface area contributed by atoms with Crippen LogP contribution in [0, 0.1) is 0 Å². The quantitative estimate of drug-likeness (QED) is 0.122. The molecule has 0 unspecified atom stereocenters. The first kappa shape index (κ1) is 29.3. The Bertz CT molecular complexity index is 1640. The standard InChI is InChI=1S/C29H29N7O6/c30-24-21-14-16(7-12-22(21)35-29(31)36-24)15-33-18-10-8-17(9-11-18)25(37)34-23(28(41)42)6-3-13-32-26(38)19-4-1-2-5-20(19)27(39)40/h1-2,4-5,7-12,14,23,33H,3,6,13,15H2,(H,32,38)(H,34,37)(H,39,40)(H,41,42)(H4,30,31,35,36)/t23-/m0/s1. The third-order valence-electron chi connectivity index (χ3n) is 6.41. The molecule has 1 aromatic heterocycles. The second-order valence-corrected chi connectivity index (χ2v) is 9.36. The summed E-state index contributed by atoms with van der Waals surface area (Å²) >= 11 is 0. The number of aromatic nitrogens is 2. The van der Waals surface area contributed by atoms with Gasteiger partial charge in [0.2, 0.25) is 5.95 Å². The van der Waals surface area contributed by atoms with Gasteiger partial charge < -0.3 is 37.6 Å². The lowest BCUT2D eigenvalue weighted by Crippen LogP contribution is -2.41. The van der Waals surface area contributed by atoms with Gasteiger partial charge in [0.15, 0.2) is 0 Å². The van der Waals surface area contributed by atoms with Crippen LogP contribution in [0.4, 0.5) is 17.5 Å². The zero-order chi connectivity index (χ0) is 30.2. The molecule has 3 aromatic carbocycles. The Morgan fingerprint density at radius 3 is 2.26 bits per heavy atom. The molecule has 4 rings (SSSR count). The summed E-state index contributed by atoms with van der Waals surface area (Å²) in [6, 6.07) is 16.7. The number of carbonyl (C=O) groups excluding carboxylic acids is 2. The molecule has 216 valence electrons. The molecule has 0 bridgehead atoms. The maximum Gasteiger partial charge on any atom is 0.336 e. The summed E-state index contributed by atoms with van der Waals surface area (Å²) in [5, 5.41) is 27.8. The molecule has 0 fully saturated rings. The zero-order valence-corrected chi connectivity index (χ0v) is 22.3. The van der Waals surface area contributed by atoms with E-state index in [1.54, 1.807) is 36.4 Å². The molecule has 42 heavy (non-hydrogen) atoms. The number of anilines is 3. The van der Waals surface area contributed by atoms with Gasteiger partial charge in [0.05, 0.1) is 16.6 Å². The average Bonchev–Trinajstić information content (AvgIpc) is 2.97. The first-order valence-corrected chi connectivity index (χ1v) is 12.9. The van der Waals surface area contributed by atoms with Crippen molar-refractivity contribution >= 4 is 52.1 Å². The van der Waals surface area contributed by atoms with Gasteiger partial charge in [0.1, 0.15) is 11.9 Å². The lowest BCUT2D eigenvalue weighted by molar-refractivity contribution is -0.139. The van der Waals surface area contributed by atoms with Gasteiger partial charge in [-0.3, -0.25) is 9.59 Å². The summed E-state index contributed by atoms with van der Waals surface area (Å²) in [7, 11) is 0. The van der Waals surface area contributed by atoms with E-state index in [9.17, 15) is 29.4 Å². The minimum atomic E-state index is -1.23. The largest absolute Gasteiger partial charge is 0.480 e. The summed E-state index contributed by atoms with van der Waals surface area (Å²) < 4.78 is 0. The highest BCUT2D eigenvalue weighted by Crippen LogP contribution is 2.21. The second-order valence-electron chi connectivity index (χ2n) is 9.36. The first-order valence-electron chi connectivity index (χ1n) is 12.9.